The Bertz CT molecular complexity index is 241. The van der Waals surface area contributed by atoms with E-state index in [1.165, 1.54) is 12.1 Å². The number of nitrogens with two attached hydrogens (primary N) is 1. The second kappa shape index (κ2) is 2.52. The summed E-state index contributed by atoms with van der Waals surface area (Å²) in [6.07, 6.45) is 0. The third-order valence-corrected chi connectivity index (χ3v) is 1.48. The summed E-state index contributed by atoms with van der Waals surface area (Å²) in [5, 5.41) is 10.7. The summed E-state index contributed by atoms with van der Waals surface area (Å²) >= 11 is 10.8. The summed E-state index contributed by atoms with van der Waals surface area (Å²) < 4.78 is 0.388. The van der Waals surface area contributed by atoms with Gasteiger partial charge in [-0.1, -0.05) is 0 Å². The summed E-state index contributed by atoms with van der Waals surface area (Å²) in [5.41, 5.74) is 5.68. The van der Waals surface area contributed by atoms with Crippen LogP contribution < -0.4 is 10.5 Å². The molecule has 2 N–H and O–H groups in total. The average Bonchev–Trinajstić information content (AvgIpc) is 1.82. The van der Waals surface area contributed by atoms with Crippen LogP contribution in [-0.4, -0.2) is 0 Å². The fourth-order valence-electron chi connectivity index (χ4n) is 0.536. The third-order valence-electron chi connectivity index (χ3n) is 0.960. The van der Waals surface area contributed by atoms with Gasteiger partial charge in [0.05, 0.1) is 0 Å². The molecule has 1 heterocycles. The molecule has 0 aliphatic rings. The molecule has 5 heteroatoms. The molecule has 0 aliphatic heterocycles. The van der Waals surface area contributed by atoms with Gasteiger partial charge in [-0.05, 0) is 23.2 Å². The Balaban J connectivity index is 3.31. The fraction of sp³-hybridized carbons (Fsp3) is 0. The number of hydrogen-bond donors (Lipinski definition) is 1. The first-order chi connectivity index (χ1) is 4.61. The minimum absolute atomic E-state index is 0.0231. The van der Waals surface area contributed by atoms with Crippen LogP contribution in [0.5, 0.6) is 0 Å². The van der Waals surface area contributed by atoms with Crippen molar-refractivity contribution in [1.29, 1.82) is 0 Å². The average molecular weight is 179 g/mol. The molecule has 0 saturated carbocycles. The van der Waals surface area contributed by atoms with Crippen LogP contribution in [0, 0.1) is 5.21 Å². The fourth-order valence-corrected chi connectivity index (χ4v) is 1.01. The van der Waals surface area contributed by atoms with Crippen molar-refractivity contribution in [3.8, 4) is 0 Å². The van der Waals surface area contributed by atoms with Crippen LogP contribution in [0.25, 0.3) is 0 Å². The molecule has 1 rings (SSSR count). The summed E-state index contributed by atoms with van der Waals surface area (Å²) in [6.45, 7) is 0. The molecule has 0 bridgehead atoms. The molecule has 0 aromatic carbocycles. The van der Waals surface area contributed by atoms with E-state index in [4.69, 9.17) is 28.9 Å². The Kier molecular flexibility index (Phi) is 1.87. The van der Waals surface area contributed by atoms with E-state index in [1.807, 2.05) is 0 Å². The van der Waals surface area contributed by atoms with Gasteiger partial charge in [-0.3, -0.25) is 0 Å². The van der Waals surface area contributed by atoms with Crippen molar-refractivity contribution in [3.63, 3.8) is 0 Å². The highest BCUT2D eigenvalue weighted by Gasteiger charge is 2.07. The molecule has 1 aromatic heterocycles. The number of anilines is 1. The van der Waals surface area contributed by atoms with E-state index in [0.717, 1.165) is 0 Å². The molecule has 0 amide bonds. The van der Waals surface area contributed by atoms with Crippen molar-refractivity contribution in [3.05, 3.63) is 27.6 Å². The number of pyridine rings is 1. The lowest BCUT2D eigenvalue weighted by Crippen LogP contribution is -2.28. The minimum Gasteiger partial charge on any atom is -0.617 e. The normalized spacial score (nSPS) is 9.80. The highest BCUT2D eigenvalue weighted by atomic mass is 35.5. The van der Waals surface area contributed by atoms with Gasteiger partial charge in [-0.2, -0.15) is 0 Å². The van der Waals surface area contributed by atoms with E-state index in [2.05, 4.69) is 0 Å². The van der Waals surface area contributed by atoms with Crippen molar-refractivity contribution < 1.29 is 4.73 Å². The molecule has 54 valence electrons. The standard InChI is InChI=1S/C5H4Cl2N2O/c6-4-1-3(8)2-5(7)9(4)10/h1-2H,8H2. The lowest BCUT2D eigenvalue weighted by molar-refractivity contribution is -0.600. The quantitative estimate of drug-likeness (QED) is 0.369. The summed E-state index contributed by atoms with van der Waals surface area (Å²) in [6, 6.07) is 2.67. The minimum atomic E-state index is -0.0231. The Morgan fingerprint density at radius 2 is 1.70 bits per heavy atom. The zero-order chi connectivity index (χ0) is 7.72. The van der Waals surface area contributed by atoms with Gasteiger partial charge in [-0.25, -0.2) is 0 Å². The summed E-state index contributed by atoms with van der Waals surface area (Å²) in [7, 11) is 0. The molecule has 10 heavy (non-hydrogen) atoms. The number of nitrogen functional groups attached to an aromatic ring is 1. The molecule has 0 saturated heterocycles. The monoisotopic (exact) mass is 178 g/mol. The van der Waals surface area contributed by atoms with Crippen LogP contribution in [0.4, 0.5) is 5.69 Å². The molecule has 0 atom stereocenters. The maximum Gasteiger partial charge on any atom is 0.289 e. The SMILES string of the molecule is Nc1cc(Cl)[n+]([O-])c(Cl)c1. The molecule has 0 aliphatic carbocycles. The van der Waals surface area contributed by atoms with Crippen molar-refractivity contribution in [2.24, 2.45) is 0 Å². The van der Waals surface area contributed by atoms with Crippen LogP contribution in [-0.2, 0) is 0 Å². The first-order valence-electron chi connectivity index (χ1n) is 2.45. The summed E-state index contributed by atoms with van der Waals surface area (Å²) in [4.78, 5) is 0. The number of hydrogen-bond acceptors (Lipinski definition) is 2. The Hall–Kier alpha value is -0.670. The molecule has 0 spiro atoms. The largest absolute Gasteiger partial charge is 0.617 e. The highest BCUT2D eigenvalue weighted by Crippen LogP contribution is 2.12. The second-order valence-electron chi connectivity index (χ2n) is 1.73. The molecule has 0 radical (unpaired) electrons. The van der Waals surface area contributed by atoms with Gasteiger partial charge < -0.3 is 10.9 Å². The van der Waals surface area contributed by atoms with Gasteiger partial charge in [0.15, 0.2) is 0 Å². The van der Waals surface area contributed by atoms with E-state index in [9.17, 15) is 5.21 Å². The van der Waals surface area contributed by atoms with Crippen LogP contribution in [0.15, 0.2) is 12.1 Å². The topological polar surface area (TPSA) is 53.0 Å². The van der Waals surface area contributed by atoms with E-state index < -0.39 is 0 Å². The summed E-state index contributed by atoms with van der Waals surface area (Å²) in [5.74, 6) is 0. The van der Waals surface area contributed by atoms with Crippen molar-refractivity contribution in [1.82, 2.24) is 0 Å². The first kappa shape index (κ1) is 7.44. The zero-order valence-electron chi connectivity index (χ0n) is 4.84. The molecule has 0 unspecified atom stereocenters. The van der Waals surface area contributed by atoms with E-state index in [0.29, 0.717) is 10.4 Å². The van der Waals surface area contributed by atoms with Gasteiger partial charge in [0, 0.05) is 17.8 Å². The molecular formula is C5H4Cl2N2O. The van der Waals surface area contributed by atoms with Crippen molar-refractivity contribution in [2.75, 3.05) is 5.73 Å². The lowest BCUT2D eigenvalue weighted by Gasteiger charge is -2.00. The molecule has 1 aromatic rings. The number of nitrogens with zero attached hydrogens (tertiary/aromatic N) is 1. The number of halogens is 2. The first-order valence-corrected chi connectivity index (χ1v) is 3.21. The predicted octanol–water partition coefficient (Wildman–Crippen LogP) is 1.21. The van der Waals surface area contributed by atoms with Crippen molar-refractivity contribution in [2.45, 2.75) is 0 Å². The maximum absolute atomic E-state index is 10.7. The van der Waals surface area contributed by atoms with Crippen LogP contribution in [0.2, 0.25) is 10.3 Å². The highest BCUT2D eigenvalue weighted by molar-refractivity contribution is 6.31. The van der Waals surface area contributed by atoms with Crippen LogP contribution in [0.3, 0.4) is 0 Å². The molecule has 0 fully saturated rings. The Morgan fingerprint density at radius 3 is 2.10 bits per heavy atom. The van der Waals surface area contributed by atoms with Gasteiger partial charge in [0.2, 0.25) is 0 Å². The smallest absolute Gasteiger partial charge is 0.289 e. The van der Waals surface area contributed by atoms with E-state index in [-0.39, 0.29) is 10.3 Å². The lowest BCUT2D eigenvalue weighted by atomic mass is 10.4. The molecular weight excluding hydrogens is 175 g/mol. The van der Waals surface area contributed by atoms with Crippen LogP contribution >= 0.6 is 23.2 Å². The third kappa shape index (κ3) is 1.25. The van der Waals surface area contributed by atoms with Crippen LogP contribution in [0.1, 0.15) is 0 Å². The van der Waals surface area contributed by atoms with Gasteiger partial charge in [0.25, 0.3) is 10.3 Å². The number of rotatable bonds is 0. The molecule has 3 nitrogen and oxygen atoms in total. The van der Waals surface area contributed by atoms with E-state index in [1.54, 1.807) is 0 Å². The predicted molar refractivity (Wildman–Crippen MR) is 39.8 cm³/mol. The Labute approximate surface area is 67.6 Å². The number of aromatic nitrogens is 1. The Morgan fingerprint density at radius 1 is 1.30 bits per heavy atom. The van der Waals surface area contributed by atoms with Crippen molar-refractivity contribution >= 4 is 28.9 Å². The maximum atomic E-state index is 10.7. The van der Waals surface area contributed by atoms with Gasteiger partial charge >= 0.3 is 0 Å². The second-order valence-corrected chi connectivity index (χ2v) is 2.50. The zero-order valence-corrected chi connectivity index (χ0v) is 6.36. The van der Waals surface area contributed by atoms with Gasteiger partial charge in [0.1, 0.15) is 0 Å². The van der Waals surface area contributed by atoms with Gasteiger partial charge in [-0.15, -0.1) is 4.73 Å². The van der Waals surface area contributed by atoms with E-state index >= 15 is 0 Å².